The van der Waals surface area contributed by atoms with Gasteiger partial charge in [-0.25, -0.2) is 4.79 Å². The van der Waals surface area contributed by atoms with Crippen LogP contribution >= 0.6 is 0 Å². The van der Waals surface area contributed by atoms with Crippen LogP contribution < -0.4 is 5.69 Å². The number of likely N-dealkylation sites (tertiary alicyclic amines) is 1. The second kappa shape index (κ2) is 7.34. The average Bonchev–Trinajstić information content (AvgIpc) is 2.98. The molecule has 136 valence electrons. The van der Waals surface area contributed by atoms with Crippen molar-refractivity contribution in [3.63, 3.8) is 0 Å². The zero-order valence-corrected chi connectivity index (χ0v) is 15.1. The lowest BCUT2D eigenvalue weighted by Gasteiger charge is -2.40. The molecule has 2 heterocycles. The highest BCUT2D eigenvalue weighted by atomic mass is 16.5. The molecule has 2 aliphatic rings. The zero-order valence-electron chi connectivity index (χ0n) is 15.1. The van der Waals surface area contributed by atoms with E-state index < -0.39 is 0 Å². The maximum absolute atomic E-state index is 12.4. The van der Waals surface area contributed by atoms with Gasteiger partial charge in [0.1, 0.15) is 0 Å². The Morgan fingerprint density at radius 3 is 2.48 bits per heavy atom. The molecule has 0 atom stereocenters. The van der Waals surface area contributed by atoms with E-state index in [0.29, 0.717) is 18.2 Å². The molecular weight excluding hydrogens is 314 g/mol. The number of imidazole rings is 1. The van der Waals surface area contributed by atoms with E-state index in [4.69, 9.17) is 4.74 Å². The van der Waals surface area contributed by atoms with Gasteiger partial charge in [-0.05, 0) is 57.6 Å². The Morgan fingerprint density at radius 1 is 1.04 bits per heavy atom. The number of ether oxygens (including phenoxy) is 1. The van der Waals surface area contributed by atoms with E-state index in [-0.39, 0.29) is 5.69 Å². The van der Waals surface area contributed by atoms with Crippen molar-refractivity contribution in [3.05, 3.63) is 34.7 Å². The second-order valence-electron chi connectivity index (χ2n) is 7.47. The molecule has 25 heavy (non-hydrogen) atoms. The van der Waals surface area contributed by atoms with Crippen LogP contribution in [0, 0.1) is 0 Å². The number of H-pyrrole nitrogens is 1. The summed E-state index contributed by atoms with van der Waals surface area (Å²) >= 11 is 0. The van der Waals surface area contributed by atoms with Crippen LogP contribution in [-0.2, 0) is 4.74 Å². The van der Waals surface area contributed by atoms with Gasteiger partial charge in [0.25, 0.3) is 0 Å². The molecule has 2 fully saturated rings. The molecule has 0 bridgehead atoms. The zero-order chi connectivity index (χ0) is 17.2. The van der Waals surface area contributed by atoms with Crippen molar-refractivity contribution < 1.29 is 4.74 Å². The number of piperidine rings is 1. The predicted octanol–water partition coefficient (Wildman–Crippen LogP) is 3.31. The van der Waals surface area contributed by atoms with E-state index in [2.05, 4.69) is 22.9 Å². The number of aromatic nitrogens is 2. The Hall–Kier alpha value is -1.59. The number of aromatic amines is 1. The summed E-state index contributed by atoms with van der Waals surface area (Å²) < 4.78 is 7.76. The fraction of sp³-hybridized carbons (Fsp3) is 0.650. The highest BCUT2D eigenvalue weighted by molar-refractivity contribution is 5.75. The van der Waals surface area contributed by atoms with Crippen molar-refractivity contribution in [1.82, 2.24) is 14.5 Å². The fourth-order valence-corrected chi connectivity index (χ4v) is 4.76. The summed E-state index contributed by atoms with van der Waals surface area (Å²) in [6.45, 7) is 5.12. The first-order chi connectivity index (χ1) is 12.3. The molecule has 1 aromatic carbocycles. The molecule has 0 spiro atoms. The highest BCUT2D eigenvalue weighted by Gasteiger charge is 2.30. The smallest absolute Gasteiger partial charge is 0.326 e. The molecule has 1 aromatic heterocycles. The number of nitrogens with zero attached hydrogens (tertiary/aromatic N) is 2. The number of rotatable bonds is 4. The lowest BCUT2D eigenvalue weighted by Crippen LogP contribution is -2.45. The van der Waals surface area contributed by atoms with Crippen LogP contribution in [0.15, 0.2) is 29.1 Å². The van der Waals surface area contributed by atoms with Crippen LogP contribution in [0.25, 0.3) is 11.0 Å². The molecule has 2 aromatic rings. The number of para-hydroxylation sites is 2. The normalized spacial score (nSPS) is 26.3. The van der Waals surface area contributed by atoms with E-state index in [1.165, 1.54) is 25.7 Å². The van der Waals surface area contributed by atoms with Crippen molar-refractivity contribution >= 4 is 11.0 Å². The summed E-state index contributed by atoms with van der Waals surface area (Å²) in [6.07, 6.45) is 7.50. The van der Waals surface area contributed by atoms with Crippen molar-refractivity contribution in [3.8, 4) is 0 Å². The lowest BCUT2D eigenvalue weighted by molar-refractivity contribution is 0.00796. The fourth-order valence-electron chi connectivity index (χ4n) is 4.76. The summed E-state index contributed by atoms with van der Waals surface area (Å²) in [4.78, 5) is 18.0. The van der Waals surface area contributed by atoms with Crippen LogP contribution in [0.2, 0.25) is 0 Å². The molecule has 5 heteroatoms. The Bertz CT molecular complexity index is 750. The summed E-state index contributed by atoms with van der Waals surface area (Å²) in [6, 6.07) is 9.05. The standard InChI is InChI=1S/C20H29N3O2/c1-2-25-17-9-7-15(8-10-17)22-13-11-16(12-14-22)23-19-6-4-3-5-18(19)21-20(23)24/h3-6,15-17H,2,7-14H2,1H3,(H,21,24)/t15-,17-. The van der Waals surface area contributed by atoms with Gasteiger partial charge in [-0.2, -0.15) is 0 Å². The molecule has 1 N–H and O–H groups in total. The van der Waals surface area contributed by atoms with E-state index in [9.17, 15) is 4.79 Å². The van der Waals surface area contributed by atoms with Gasteiger partial charge in [-0.3, -0.25) is 4.57 Å². The molecular formula is C20H29N3O2. The van der Waals surface area contributed by atoms with E-state index in [1.54, 1.807) is 0 Å². The van der Waals surface area contributed by atoms with Crippen molar-refractivity contribution in [2.24, 2.45) is 0 Å². The number of nitrogens with one attached hydrogen (secondary N) is 1. The van der Waals surface area contributed by atoms with Crippen LogP contribution in [0.5, 0.6) is 0 Å². The minimum absolute atomic E-state index is 0.0388. The van der Waals surface area contributed by atoms with Crippen molar-refractivity contribution in [2.75, 3.05) is 19.7 Å². The summed E-state index contributed by atoms with van der Waals surface area (Å²) in [7, 11) is 0. The van der Waals surface area contributed by atoms with Crippen LogP contribution in [0.1, 0.15) is 51.5 Å². The first kappa shape index (κ1) is 16.9. The maximum Gasteiger partial charge on any atom is 0.326 e. The van der Waals surface area contributed by atoms with Gasteiger partial charge in [0.05, 0.1) is 17.1 Å². The summed E-state index contributed by atoms with van der Waals surface area (Å²) in [5, 5.41) is 0. The monoisotopic (exact) mass is 343 g/mol. The van der Waals surface area contributed by atoms with Gasteiger partial charge < -0.3 is 14.6 Å². The third kappa shape index (κ3) is 3.40. The van der Waals surface area contributed by atoms with Gasteiger partial charge in [0.2, 0.25) is 0 Å². The third-order valence-electron chi connectivity index (χ3n) is 6.05. The third-order valence-corrected chi connectivity index (χ3v) is 6.05. The molecule has 1 aliphatic carbocycles. The van der Waals surface area contributed by atoms with Gasteiger partial charge in [0, 0.05) is 31.8 Å². The Morgan fingerprint density at radius 2 is 1.76 bits per heavy atom. The minimum atomic E-state index is 0.0388. The Balaban J connectivity index is 1.39. The van der Waals surface area contributed by atoms with Gasteiger partial charge >= 0.3 is 5.69 Å². The predicted molar refractivity (Wildman–Crippen MR) is 100 cm³/mol. The molecule has 1 saturated carbocycles. The van der Waals surface area contributed by atoms with Crippen molar-refractivity contribution in [1.29, 1.82) is 0 Å². The minimum Gasteiger partial charge on any atom is -0.379 e. The summed E-state index contributed by atoms with van der Waals surface area (Å²) in [5.41, 5.74) is 2.03. The number of benzene rings is 1. The molecule has 0 unspecified atom stereocenters. The summed E-state index contributed by atoms with van der Waals surface area (Å²) in [5.74, 6) is 0. The molecule has 0 radical (unpaired) electrons. The van der Waals surface area contributed by atoms with E-state index in [0.717, 1.165) is 43.6 Å². The topological polar surface area (TPSA) is 50.3 Å². The van der Waals surface area contributed by atoms with E-state index in [1.807, 2.05) is 22.8 Å². The second-order valence-corrected chi connectivity index (χ2v) is 7.47. The number of hydrogen-bond acceptors (Lipinski definition) is 3. The van der Waals surface area contributed by atoms with Crippen molar-refractivity contribution in [2.45, 2.75) is 63.6 Å². The van der Waals surface area contributed by atoms with E-state index >= 15 is 0 Å². The largest absolute Gasteiger partial charge is 0.379 e. The quantitative estimate of drug-likeness (QED) is 0.926. The molecule has 1 saturated heterocycles. The van der Waals surface area contributed by atoms with Crippen LogP contribution in [0.4, 0.5) is 0 Å². The number of hydrogen-bond donors (Lipinski definition) is 1. The van der Waals surface area contributed by atoms with Gasteiger partial charge in [0.15, 0.2) is 0 Å². The Kier molecular flexibility index (Phi) is 4.95. The molecule has 5 nitrogen and oxygen atoms in total. The molecule has 1 aliphatic heterocycles. The Labute approximate surface area is 149 Å². The van der Waals surface area contributed by atoms with Crippen LogP contribution in [0.3, 0.4) is 0 Å². The van der Waals surface area contributed by atoms with Gasteiger partial charge in [-0.15, -0.1) is 0 Å². The lowest BCUT2D eigenvalue weighted by atomic mass is 9.90. The first-order valence-electron chi connectivity index (χ1n) is 9.81. The number of fused-ring (bicyclic) bond motifs is 1. The van der Waals surface area contributed by atoms with Gasteiger partial charge in [-0.1, -0.05) is 12.1 Å². The molecule has 0 amide bonds. The average molecular weight is 343 g/mol. The SMILES string of the molecule is CCO[C@H]1CC[C@H](N2CCC(n3c(=O)[nH]c4ccccc43)CC2)CC1. The van der Waals surface area contributed by atoms with Crippen LogP contribution in [-0.4, -0.2) is 46.3 Å². The highest BCUT2D eigenvalue weighted by Crippen LogP contribution is 2.30. The maximum atomic E-state index is 12.4. The first-order valence-corrected chi connectivity index (χ1v) is 9.81. The molecule has 4 rings (SSSR count).